The van der Waals surface area contributed by atoms with Crippen LogP contribution in [0.25, 0.3) is 0 Å². The van der Waals surface area contributed by atoms with Gasteiger partial charge in [0.15, 0.2) is 0 Å². The average Bonchev–Trinajstić information content (AvgIpc) is 2.62. The molecule has 1 aromatic rings. The van der Waals surface area contributed by atoms with Gasteiger partial charge in [0.25, 0.3) is 0 Å². The van der Waals surface area contributed by atoms with Crippen molar-refractivity contribution in [1.29, 1.82) is 0 Å². The summed E-state index contributed by atoms with van der Waals surface area (Å²) in [6, 6.07) is 6.15. The summed E-state index contributed by atoms with van der Waals surface area (Å²) in [7, 11) is 0. The lowest BCUT2D eigenvalue weighted by Crippen LogP contribution is -2.23. The van der Waals surface area contributed by atoms with Crippen molar-refractivity contribution in [2.24, 2.45) is 5.73 Å². The summed E-state index contributed by atoms with van der Waals surface area (Å²) >= 11 is 0. The number of halogens is 3. The van der Waals surface area contributed by atoms with E-state index in [0.29, 0.717) is 0 Å². The lowest BCUT2D eigenvalue weighted by Gasteiger charge is -2.17. The smallest absolute Gasteiger partial charge is 0.406 e. The Bertz CT molecular complexity index is 392. The Labute approximate surface area is 97.6 Å². The molecule has 1 saturated carbocycles. The Kier molecular flexibility index (Phi) is 3.28. The van der Waals surface area contributed by atoms with E-state index in [0.717, 1.165) is 24.8 Å². The van der Waals surface area contributed by atoms with E-state index in [1.54, 1.807) is 12.1 Å². The maximum atomic E-state index is 12.1. The topological polar surface area (TPSA) is 35.2 Å². The zero-order valence-corrected chi connectivity index (χ0v) is 9.20. The van der Waals surface area contributed by atoms with Crippen LogP contribution in [0.3, 0.4) is 0 Å². The van der Waals surface area contributed by atoms with Gasteiger partial charge in [-0.2, -0.15) is 0 Å². The van der Waals surface area contributed by atoms with Crippen LogP contribution in [0, 0.1) is 0 Å². The number of alkyl halides is 3. The average molecular weight is 245 g/mol. The van der Waals surface area contributed by atoms with Gasteiger partial charge in [0.2, 0.25) is 0 Å². The number of hydrogen-bond acceptors (Lipinski definition) is 2. The predicted octanol–water partition coefficient (Wildman–Crippen LogP) is 3.18. The fourth-order valence-electron chi connectivity index (χ4n) is 2.34. The molecule has 0 heterocycles. The lowest BCUT2D eigenvalue weighted by atomic mass is 9.94. The van der Waals surface area contributed by atoms with Gasteiger partial charge in [-0.15, -0.1) is 13.2 Å². The maximum Gasteiger partial charge on any atom is 0.573 e. The highest BCUT2D eigenvalue weighted by Crippen LogP contribution is 2.35. The summed E-state index contributed by atoms with van der Waals surface area (Å²) in [5.74, 6) is -0.0270. The van der Waals surface area contributed by atoms with E-state index in [1.807, 2.05) is 0 Å². The first-order valence-electron chi connectivity index (χ1n) is 5.57. The summed E-state index contributed by atoms with van der Waals surface area (Å²) in [5, 5.41) is 0. The van der Waals surface area contributed by atoms with Gasteiger partial charge >= 0.3 is 6.36 Å². The molecule has 0 saturated heterocycles. The van der Waals surface area contributed by atoms with Crippen molar-refractivity contribution in [2.45, 2.75) is 37.6 Å². The van der Waals surface area contributed by atoms with Gasteiger partial charge in [-0.3, -0.25) is 0 Å². The Hall–Kier alpha value is -1.23. The summed E-state index contributed by atoms with van der Waals surface area (Å²) in [6.07, 6.45) is -1.77. The molecule has 0 amide bonds. The second-order valence-corrected chi connectivity index (χ2v) is 4.32. The third-order valence-electron chi connectivity index (χ3n) is 3.09. The van der Waals surface area contributed by atoms with E-state index < -0.39 is 6.36 Å². The third-order valence-corrected chi connectivity index (χ3v) is 3.09. The SMILES string of the molecule is NC1CCCC1c1cccc(OC(F)(F)F)c1. The zero-order chi connectivity index (χ0) is 12.5. The van der Waals surface area contributed by atoms with Gasteiger partial charge in [-0.25, -0.2) is 0 Å². The summed E-state index contributed by atoms with van der Waals surface area (Å²) in [6.45, 7) is 0. The minimum Gasteiger partial charge on any atom is -0.406 e. The second-order valence-electron chi connectivity index (χ2n) is 4.32. The minimum absolute atomic E-state index is 0.0381. The molecule has 2 rings (SSSR count). The molecule has 0 aromatic heterocycles. The van der Waals surface area contributed by atoms with Gasteiger partial charge in [-0.05, 0) is 36.5 Å². The molecular weight excluding hydrogens is 231 g/mol. The molecular formula is C12H14F3NO. The molecule has 1 aliphatic rings. The summed E-state index contributed by atoms with van der Waals surface area (Å²) in [5.41, 5.74) is 6.76. The highest BCUT2D eigenvalue weighted by atomic mass is 19.4. The number of benzene rings is 1. The van der Waals surface area contributed by atoms with Crippen molar-refractivity contribution in [1.82, 2.24) is 0 Å². The highest BCUT2D eigenvalue weighted by Gasteiger charge is 2.32. The van der Waals surface area contributed by atoms with Crippen molar-refractivity contribution >= 4 is 0 Å². The minimum atomic E-state index is -4.64. The van der Waals surface area contributed by atoms with Crippen molar-refractivity contribution in [3.63, 3.8) is 0 Å². The Morgan fingerprint density at radius 2 is 2.00 bits per heavy atom. The van der Waals surface area contributed by atoms with Crippen LogP contribution in [0.5, 0.6) is 5.75 Å². The first-order chi connectivity index (χ1) is 7.96. The van der Waals surface area contributed by atoms with Crippen molar-refractivity contribution in [3.8, 4) is 5.75 Å². The Morgan fingerprint density at radius 3 is 2.59 bits per heavy atom. The van der Waals surface area contributed by atoms with Gasteiger partial charge in [0, 0.05) is 6.04 Å². The van der Waals surface area contributed by atoms with Crippen LogP contribution >= 0.6 is 0 Å². The predicted molar refractivity (Wildman–Crippen MR) is 57.7 cm³/mol. The number of nitrogens with two attached hydrogens (primary N) is 1. The fraction of sp³-hybridized carbons (Fsp3) is 0.500. The van der Waals surface area contributed by atoms with Crippen LogP contribution < -0.4 is 10.5 Å². The van der Waals surface area contributed by atoms with E-state index in [-0.39, 0.29) is 17.7 Å². The van der Waals surface area contributed by atoms with Crippen LogP contribution in [-0.2, 0) is 0 Å². The fourth-order valence-corrected chi connectivity index (χ4v) is 2.34. The molecule has 0 bridgehead atoms. The Morgan fingerprint density at radius 1 is 1.24 bits per heavy atom. The highest BCUT2D eigenvalue weighted by molar-refractivity contribution is 5.32. The molecule has 0 spiro atoms. The second kappa shape index (κ2) is 4.56. The van der Waals surface area contributed by atoms with Gasteiger partial charge < -0.3 is 10.5 Å². The number of rotatable bonds is 2. The van der Waals surface area contributed by atoms with E-state index in [4.69, 9.17) is 5.73 Å². The molecule has 2 atom stereocenters. The van der Waals surface area contributed by atoms with Crippen LogP contribution in [0.15, 0.2) is 24.3 Å². The quantitative estimate of drug-likeness (QED) is 0.868. The van der Waals surface area contributed by atoms with Crippen molar-refractivity contribution in [2.75, 3.05) is 0 Å². The molecule has 1 aromatic carbocycles. The van der Waals surface area contributed by atoms with Gasteiger partial charge in [-0.1, -0.05) is 18.6 Å². The third kappa shape index (κ3) is 3.12. The summed E-state index contributed by atoms with van der Waals surface area (Å²) < 4.78 is 40.1. The molecule has 2 N–H and O–H groups in total. The first-order valence-corrected chi connectivity index (χ1v) is 5.57. The molecule has 2 unspecified atom stereocenters. The largest absolute Gasteiger partial charge is 0.573 e. The van der Waals surface area contributed by atoms with Crippen molar-refractivity contribution in [3.05, 3.63) is 29.8 Å². The van der Waals surface area contributed by atoms with E-state index in [9.17, 15) is 13.2 Å². The number of hydrogen-bond donors (Lipinski definition) is 1. The van der Waals surface area contributed by atoms with E-state index in [2.05, 4.69) is 4.74 Å². The van der Waals surface area contributed by atoms with Gasteiger partial charge in [0.1, 0.15) is 5.75 Å². The first kappa shape index (κ1) is 12.2. The van der Waals surface area contributed by atoms with Crippen molar-refractivity contribution < 1.29 is 17.9 Å². The molecule has 0 radical (unpaired) electrons. The molecule has 1 fully saturated rings. The van der Waals surface area contributed by atoms with Crippen LogP contribution in [0.4, 0.5) is 13.2 Å². The molecule has 17 heavy (non-hydrogen) atoms. The molecule has 94 valence electrons. The molecule has 0 aliphatic heterocycles. The molecule has 5 heteroatoms. The summed E-state index contributed by atoms with van der Waals surface area (Å²) in [4.78, 5) is 0. The van der Waals surface area contributed by atoms with Crippen LogP contribution in [0.2, 0.25) is 0 Å². The van der Waals surface area contributed by atoms with E-state index in [1.165, 1.54) is 12.1 Å². The number of ether oxygens (including phenoxy) is 1. The van der Waals surface area contributed by atoms with Crippen LogP contribution in [0.1, 0.15) is 30.7 Å². The van der Waals surface area contributed by atoms with Crippen LogP contribution in [-0.4, -0.2) is 12.4 Å². The standard InChI is InChI=1S/C12H14F3NO/c13-12(14,15)17-9-4-1-3-8(7-9)10-5-2-6-11(10)16/h1,3-4,7,10-11H,2,5-6,16H2. The zero-order valence-electron chi connectivity index (χ0n) is 9.20. The van der Waals surface area contributed by atoms with Gasteiger partial charge in [0.05, 0.1) is 0 Å². The Balaban J connectivity index is 2.16. The lowest BCUT2D eigenvalue weighted by molar-refractivity contribution is -0.274. The maximum absolute atomic E-state index is 12.1. The molecule has 2 nitrogen and oxygen atoms in total. The monoisotopic (exact) mass is 245 g/mol. The van der Waals surface area contributed by atoms with E-state index >= 15 is 0 Å². The molecule has 1 aliphatic carbocycles. The normalized spacial score (nSPS) is 24.9.